The second-order valence-corrected chi connectivity index (χ2v) is 3.75. The third-order valence-electron chi connectivity index (χ3n) is 1.89. The molecule has 4 nitrogen and oxygen atoms in total. The number of hydrogen-bond donors (Lipinski definition) is 1. The Balaban J connectivity index is 2.55. The number of aliphatic hydroxyl groups is 1. The molecule has 0 fully saturated rings. The molecule has 0 atom stereocenters. The van der Waals surface area contributed by atoms with E-state index in [1.807, 2.05) is 0 Å². The highest BCUT2D eigenvalue weighted by atomic mass is 19.1. The van der Waals surface area contributed by atoms with Crippen molar-refractivity contribution in [1.29, 1.82) is 0 Å². The molecule has 0 saturated carbocycles. The van der Waals surface area contributed by atoms with Crippen LogP contribution in [0.15, 0.2) is 18.2 Å². The Morgan fingerprint density at radius 2 is 2.18 bits per heavy atom. The molecule has 0 aliphatic carbocycles. The van der Waals surface area contributed by atoms with Crippen LogP contribution in [0.3, 0.4) is 0 Å². The van der Waals surface area contributed by atoms with Gasteiger partial charge in [0.1, 0.15) is 0 Å². The molecule has 94 valence electrons. The SMILES string of the molecule is CC(C)OC(=O)COc1ccc(CO)cc1F. The van der Waals surface area contributed by atoms with Gasteiger partial charge in [-0.25, -0.2) is 9.18 Å². The molecule has 0 amide bonds. The minimum absolute atomic E-state index is 0.0390. The van der Waals surface area contributed by atoms with Crippen LogP contribution in [0.4, 0.5) is 4.39 Å². The van der Waals surface area contributed by atoms with Gasteiger partial charge in [-0.05, 0) is 31.5 Å². The van der Waals surface area contributed by atoms with Crippen molar-refractivity contribution in [3.05, 3.63) is 29.6 Å². The van der Waals surface area contributed by atoms with E-state index in [1.165, 1.54) is 12.1 Å². The second kappa shape index (κ2) is 6.20. The highest BCUT2D eigenvalue weighted by molar-refractivity contribution is 5.71. The predicted octanol–water partition coefficient (Wildman–Crippen LogP) is 1.65. The van der Waals surface area contributed by atoms with Crippen LogP contribution in [0.1, 0.15) is 19.4 Å². The molecular formula is C12H15FO4. The minimum Gasteiger partial charge on any atom is -0.479 e. The quantitative estimate of drug-likeness (QED) is 0.798. The highest BCUT2D eigenvalue weighted by Gasteiger charge is 2.09. The van der Waals surface area contributed by atoms with Crippen molar-refractivity contribution in [1.82, 2.24) is 0 Å². The zero-order chi connectivity index (χ0) is 12.8. The summed E-state index contributed by atoms with van der Waals surface area (Å²) in [4.78, 5) is 11.2. The smallest absolute Gasteiger partial charge is 0.344 e. The maximum absolute atomic E-state index is 13.4. The van der Waals surface area contributed by atoms with Crippen molar-refractivity contribution in [2.45, 2.75) is 26.6 Å². The topological polar surface area (TPSA) is 55.8 Å². The Kier molecular flexibility index (Phi) is 4.90. The summed E-state index contributed by atoms with van der Waals surface area (Å²) in [5.74, 6) is -1.21. The normalized spacial score (nSPS) is 10.4. The number of aliphatic hydroxyl groups excluding tert-OH is 1. The molecule has 0 aliphatic heterocycles. The van der Waals surface area contributed by atoms with E-state index in [0.29, 0.717) is 5.56 Å². The van der Waals surface area contributed by atoms with Crippen molar-refractivity contribution in [2.75, 3.05) is 6.61 Å². The van der Waals surface area contributed by atoms with E-state index >= 15 is 0 Å². The Bertz CT molecular complexity index is 390. The lowest BCUT2D eigenvalue weighted by Crippen LogP contribution is -2.19. The number of benzene rings is 1. The zero-order valence-electron chi connectivity index (χ0n) is 9.77. The summed E-state index contributed by atoms with van der Waals surface area (Å²) in [6.07, 6.45) is -0.229. The largest absolute Gasteiger partial charge is 0.479 e. The van der Waals surface area contributed by atoms with Crippen LogP contribution in [0.2, 0.25) is 0 Å². The molecule has 1 aromatic rings. The van der Waals surface area contributed by atoms with Crippen LogP contribution in [0.5, 0.6) is 5.75 Å². The molecule has 1 rings (SSSR count). The lowest BCUT2D eigenvalue weighted by Gasteiger charge is -2.10. The third-order valence-corrected chi connectivity index (χ3v) is 1.89. The van der Waals surface area contributed by atoms with Crippen LogP contribution in [0, 0.1) is 5.82 Å². The molecule has 1 aromatic carbocycles. The van der Waals surface area contributed by atoms with Gasteiger partial charge >= 0.3 is 5.97 Å². The maximum atomic E-state index is 13.4. The number of halogens is 1. The summed E-state index contributed by atoms with van der Waals surface area (Å²) in [5, 5.41) is 8.79. The Morgan fingerprint density at radius 3 is 2.71 bits per heavy atom. The van der Waals surface area contributed by atoms with Gasteiger partial charge in [-0.15, -0.1) is 0 Å². The molecule has 0 saturated heterocycles. The fourth-order valence-electron chi connectivity index (χ4n) is 1.19. The maximum Gasteiger partial charge on any atom is 0.344 e. The molecule has 0 heterocycles. The molecular weight excluding hydrogens is 227 g/mol. The fourth-order valence-corrected chi connectivity index (χ4v) is 1.19. The summed E-state index contributed by atoms with van der Waals surface area (Å²) in [6.45, 7) is 2.85. The summed E-state index contributed by atoms with van der Waals surface area (Å²) in [7, 11) is 0. The number of ether oxygens (including phenoxy) is 2. The molecule has 0 aromatic heterocycles. The lowest BCUT2D eigenvalue weighted by molar-refractivity contribution is -0.149. The molecule has 0 radical (unpaired) electrons. The lowest BCUT2D eigenvalue weighted by atomic mass is 10.2. The van der Waals surface area contributed by atoms with Crippen LogP contribution in [-0.4, -0.2) is 23.8 Å². The highest BCUT2D eigenvalue weighted by Crippen LogP contribution is 2.18. The summed E-state index contributed by atoms with van der Waals surface area (Å²) >= 11 is 0. The molecule has 5 heteroatoms. The van der Waals surface area contributed by atoms with Crippen molar-refractivity contribution in [3.8, 4) is 5.75 Å². The summed E-state index contributed by atoms with van der Waals surface area (Å²) in [6, 6.07) is 4.04. The summed E-state index contributed by atoms with van der Waals surface area (Å²) < 4.78 is 23.2. The first-order chi connectivity index (χ1) is 8.02. The van der Waals surface area contributed by atoms with Gasteiger partial charge in [0.25, 0.3) is 0 Å². The minimum atomic E-state index is -0.617. The van der Waals surface area contributed by atoms with Crippen molar-refractivity contribution in [3.63, 3.8) is 0 Å². The van der Waals surface area contributed by atoms with Gasteiger partial charge in [-0.2, -0.15) is 0 Å². The van der Waals surface area contributed by atoms with Gasteiger partial charge in [0.05, 0.1) is 12.7 Å². The van der Waals surface area contributed by atoms with Gasteiger partial charge in [0.2, 0.25) is 0 Å². The Hall–Kier alpha value is -1.62. The van der Waals surface area contributed by atoms with Gasteiger partial charge in [-0.3, -0.25) is 0 Å². The van der Waals surface area contributed by atoms with Gasteiger partial charge < -0.3 is 14.6 Å². The first-order valence-corrected chi connectivity index (χ1v) is 5.24. The van der Waals surface area contributed by atoms with E-state index in [-0.39, 0.29) is 25.1 Å². The molecule has 1 N–H and O–H groups in total. The zero-order valence-corrected chi connectivity index (χ0v) is 9.77. The van der Waals surface area contributed by atoms with Crippen molar-refractivity contribution < 1.29 is 23.8 Å². The van der Waals surface area contributed by atoms with E-state index in [4.69, 9.17) is 14.6 Å². The predicted molar refractivity (Wildman–Crippen MR) is 59.0 cm³/mol. The van der Waals surface area contributed by atoms with Crippen LogP contribution in [-0.2, 0) is 16.1 Å². The number of carbonyl (C=O) groups is 1. The standard InChI is InChI=1S/C12H15FO4/c1-8(2)17-12(15)7-16-11-4-3-9(6-14)5-10(11)13/h3-5,8,14H,6-7H2,1-2H3. The average Bonchev–Trinajstić information content (AvgIpc) is 2.26. The third kappa shape index (κ3) is 4.40. The number of hydrogen-bond acceptors (Lipinski definition) is 4. The Morgan fingerprint density at radius 1 is 1.47 bits per heavy atom. The van der Waals surface area contributed by atoms with Crippen molar-refractivity contribution in [2.24, 2.45) is 0 Å². The molecule has 17 heavy (non-hydrogen) atoms. The second-order valence-electron chi connectivity index (χ2n) is 3.75. The number of rotatable bonds is 5. The van der Waals surface area contributed by atoms with E-state index in [0.717, 1.165) is 6.07 Å². The van der Waals surface area contributed by atoms with E-state index in [9.17, 15) is 9.18 Å². The molecule has 0 unspecified atom stereocenters. The number of esters is 1. The monoisotopic (exact) mass is 242 g/mol. The van der Waals surface area contributed by atoms with Crippen LogP contribution >= 0.6 is 0 Å². The Labute approximate surface area is 99.0 Å². The van der Waals surface area contributed by atoms with Crippen molar-refractivity contribution >= 4 is 5.97 Å². The van der Waals surface area contributed by atoms with Gasteiger partial charge in [0, 0.05) is 0 Å². The number of carbonyl (C=O) groups excluding carboxylic acids is 1. The van der Waals surface area contributed by atoms with Gasteiger partial charge in [-0.1, -0.05) is 6.07 Å². The van der Waals surface area contributed by atoms with E-state index in [1.54, 1.807) is 13.8 Å². The molecule has 0 aliphatic rings. The molecule has 0 spiro atoms. The first-order valence-electron chi connectivity index (χ1n) is 5.24. The van der Waals surface area contributed by atoms with E-state index < -0.39 is 11.8 Å². The van der Waals surface area contributed by atoms with E-state index in [2.05, 4.69) is 0 Å². The van der Waals surface area contributed by atoms with Gasteiger partial charge in [0.15, 0.2) is 18.2 Å². The van der Waals surface area contributed by atoms with Crippen LogP contribution in [0.25, 0.3) is 0 Å². The molecule has 0 bridgehead atoms. The average molecular weight is 242 g/mol. The first kappa shape index (κ1) is 13.4. The summed E-state index contributed by atoms with van der Waals surface area (Å²) in [5.41, 5.74) is 0.444. The van der Waals surface area contributed by atoms with Crippen LogP contribution < -0.4 is 4.74 Å². The fraction of sp³-hybridized carbons (Fsp3) is 0.417.